The Balaban J connectivity index is 2.06. The minimum Gasteiger partial charge on any atom is -0.492 e. The SMILES string of the molecule is CCOc1ccccc1NC1=C(c2ccc(Cl)cc2Cl)C(=O)N(CCCOC)C1=O. The molecule has 2 aromatic rings. The molecule has 0 radical (unpaired) electrons. The van der Waals surface area contributed by atoms with Gasteiger partial charge in [-0.2, -0.15) is 0 Å². The van der Waals surface area contributed by atoms with Crippen LogP contribution >= 0.6 is 23.2 Å². The maximum atomic E-state index is 13.2. The summed E-state index contributed by atoms with van der Waals surface area (Å²) in [5, 5.41) is 3.83. The van der Waals surface area contributed by atoms with Crippen molar-refractivity contribution in [3.63, 3.8) is 0 Å². The Kier molecular flexibility index (Phi) is 7.37. The number of methoxy groups -OCH3 is 1. The van der Waals surface area contributed by atoms with Gasteiger partial charge in [-0.05, 0) is 37.6 Å². The molecule has 0 unspecified atom stereocenters. The Morgan fingerprint density at radius 3 is 2.53 bits per heavy atom. The molecule has 0 atom stereocenters. The molecule has 0 aliphatic carbocycles. The van der Waals surface area contributed by atoms with Gasteiger partial charge in [0.1, 0.15) is 11.4 Å². The Bertz CT molecular complexity index is 991. The topological polar surface area (TPSA) is 67.9 Å². The fourth-order valence-electron chi connectivity index (χ4n) is 3.19. The number of para-hydroxylation sites is 2. The number of hydrogen-bond donors (Lipinski definition) is 1. The third-order valence-corrected chi connectivity index (χ3v) is 5.09. The van der Waals surface area contributed by atoms with Crippen molar-refractivity contribution in [3.8, 4) is 5.75 Å². The van der Waals surface area contributed by atoms with Gasteiger partial charge in [0.25, 0.3) is 11.8 Å². The fraction of sp³-hybridized carbons (Fsp3) is 0.273. The van der Waals surface area contributed by atoms with E-state index in [2.05, 4.69) is 5.32 Å². The second-order valence-electron chi connectivity index (χ2n) is 6.54. The summed E-state index contributed by atoms with van der Waals surface area (Å²) in [5.41, 5.74) is 1.36. The zero-order valence-electron chi connectivity index (χ0n) is 16.7. The molecule has 30 heavy (non-hydrogen) atoms. The molecule has 0 spiro atoms. The molecule has 2 amide bonds. The van der Waals surface area contributed by atoms with Gasteiger partial charge in [0.15, 0.2) is 0 Å². The van der Waals surface area contributed by atoms with Gasteiger partial charge in [0, 0.05) is 30.8 Å². The summed E-state index contributed by atoms with van der Waals surface area (Å²) >= 11 is 12.4. The van der Waals surface area contributed by atoms with E-state index in [-0.39, 0.29) is 22.8 Å². The molecule has 0 bridgehead atoms. The van der Waals surface area contributed by atoms with E-state index in [1.807, 2.05) is 19.1 Å². The van der Waals surface area contributed by atoms with Gasteiger partial charge in [-0.15, -0.1) is 0 Å². The van der Waals surface area contributed by atoms with Gasteiger partial charge in [-0.3, -0.25) is 14.5 Å². The molecule has 158 valence electrons. The molecular formula is C22H22Cl2N2O4. The first kappa shape index (κ1) is 22.2. The van der Waals surface area contributed by atoms with Crippen molar-refractivity contribution in [2.75, 3.05) is 32.2 Å². The van der Waals surface area contributed by atoms with Crippen molar-refractivity contribution >= 4 is 46.3 Å². The summed E-state index contributed by atoms with van der Waals surface area (Å²) in [5.74, 6) is -0.271. The van der Waals surface area contributed by atoms with Crippen molar-refractivity contribution in [2.45, 2.75) is 13.3 Å². The molecule has 1 N–H and O–H groups in total. The molecule has 0 saturated carbocycles. The number of halogens is 2. The maximum Gasteiger partial charge on any atom is 0.278 e. The third-order valence-electron chi connectivity index (χ3n) is 4.55. The average molecular weight is 449 g/mol. The van der Waals surface area contributed by atoms with Gasteiger partial charge in [0.05, 0.1) is 22.9 Å². The fourth-order valence-corrected chi connectivity index (χ4v) is 3.69. The van der Waals surface area contributed by atoms with Crippen LogP contribution in [-0.2, 0) is 14.3 Å². The number of anilines is 1. The van der Waals surface area contributed by atoms with Crippen molar-refractivity contribution in [1.29, 1.82) is 0 Å². The summed E-state index contributed by atoms with van der Waals surface area (Å²) in [6, 6.07) is 12.0. The van der Waals surface area contributed by atoms with Crippen LogP contribution in [0.1, 0.15) is 18.9 Å². The Hall–Kier alpha value is -2.54. The molecule has 0 aromatic heterocycles. The highest BCUT2D eigenvalue weighted by Crippen LogP contribution is 2.36. The largest absolute Gasteiger partial charge is 0.492 e. The lowest BCUT2D eigenvalue weighted by Gasteiger charge is -2.15. The minimum absolute atomic E-state index is 0.147. The highest BCUT2D eigenvalue weighted by molar-refractivity contribution is 6.41. The Morgan fingerprint density at radius 1 is 1.07 bits per heavy atom. The second-order valence-corrected chi connectivity index (χ2v) is 7.38. The Labute approximate surface area is 185 Å². The van der Waals surface area contributed by atoms with E-state index in [4.69, 9.17) is 32.7 Å². The molecule has 2 aromatic carbocycles. The molecule has 0 fully saturated rings. The first-order chi connectivity index (χ1) is 14.5. The number of carbonyl (C=O) groups excluding carboxylic acids is 2. The number of carbonyl (C=O) groups is 2. The van der Waals surface area contributed by atoms with E-state index >= 15 is 0 Å². The average Bonchev–Trinajstić information content (AvgIpc) is 2.94. The molecule has 0 saturated heterocycles. The van der Waals surface area contributed by atoms with Gasteiger partial charge >= 0.3 is 0 Å². The van der Waals surface area contributed by atoms with Crippen LogP contribution in [0.25, 0.3) is 5.57 Å². The van der Waals surface area contributed by atoms with Gasteiger partial charge < -0.3 is 14.8 Å². The van der Waals surface area contributed by atoms with Crippen LogP contribution in [0.2, 0.25) is 10.0 Å². The molecule has 6 nitrogen and oxygen atoms in total. The summed E-state index contributed by atoms with van der Waals surface area (Å²) < 4.78 is 10.7. The molecule has 3 rings (SSSR count). The standard InChI is InChI=1S/C22H22Cl2N2O4/c1-3-30-18-8-5-4-7-17(18)25-20-19(15-10-9-14(23)13-16(15)24)21(27)26(22(20)28)11-6-12-29-2/h4-5,7-10,13,25H,3,6,11-12H2,1-2H3. The van der Waals surface area contributed by atoms with E-state index in [1.54, 1.807) is 37.4 Å². The molecular weight excluding hydrogens is 427 g/mol. The number of rotatable bonds is 9. The van der Waals surface area contributed by atoms with Crippen molar-refractivity contribution in [1.82, 2.24) is 4.90 Å². The molecule has 8 heteroatoms. The summed E-state index contributed by atoms with van der Waals surface area (Å²) in [6.07, 6.45) is 0.526. The number of imide groups is 1. The van der Waals surface area contributed by atoms with Gasteiger partial charge in [-0.1, -0.05) is 41.4 Å². The first-order valence-corrected chi connectivity index (χ1v) is 10.3. The molecule has 1 heterocycles. The Morgan fingerprint density at radius 2 is 1.83 bits per heavy atom. The predicted molar refractivity (Wildman–Crippen MR) is 118 cm³/mol. The van der Waals surface area contributed by atoms with E-state index in [1.165, 1.54) is 4.90 Å². The maximum absolute atomic E-state index is 13.2. The summed E-state index contributed by atoms with van der Waals surface area (Å²) in [4.78, 5) is 27.6. The van der Waals surface area contributed by atoms with Gasteiger partial charge in [-0.25, -0.2) is 0 Å². The lowest BCUT2D eigenvalue weighted by atomic mass is 10.0. The van der Waals surface area contributed by atoms with Crippen LogP contribution in [0, 0.1) is 0 Å². The van der Waals surface area contributed by atoms with Crippen molar-refractivity contribution < 1.29 is 19.1 Å². The van der Waals surface area contributed by atoms with E-state index in [0.717, 1.165) is 0 Å². The minimum atomic E-state index is -0.427. The monoisotopic (exact) mass is 448 g/mol. The number of nitrogens with one attached hydrogen (secondary N) is 1. The van der Waals surface area contributed by atoms with Crippen LogP contribution in [0.15, 0.2) is 48.2 Å². The quantitative estimate of drug-likeness (QED) is 0.447. The lowest BCUT2D eigenvalue weighted by Crippen LogP contribution is -2.34. The smallest absolute Gasteiger partial charge is 0.278 e. The zero-order chi connectivity index (χ0) is 21.7. The van der Waals surface area contributed by atoms with E-state index in [0.29, 0.717) is 41.7 Å². The number of ether oxygens (including phenoxy) is 2. The third kappa shape index (κ3) is 4.61. The second kappa shape index (κ2) is 9.98. The van der Waals surface area contributed by atoms with Crippen LogP contribution in [-0.4, -0.2) is 43.6 Å². The van der Waals surface area contributed by atoms with Gasteiger partial charge in [0.2, 0.25) is 0 Å². The van der Waals surface area contributed by atoms with E-state index < -0.39 is 11.8 Å². The predicted octanol–water partition coefficient (Wildman–Crippen LogP) is 4.62. The number of nitrogens with zero attached hydrogens (tertiary/aromatic N) is 1. The number of amides is 2. The molecule has 1 aliphatic heterocycles. The van der Waals surface area contributed by atoms with E-state index in [9.17, 15) is 9.59 Å². The molecule has 1 aliphatic rings. The highest BCUT2D eigenvalue weighted by atomic mass is 35.5. The highest BCUT2D eigenvalue weighted by Gasteiger charge is 2.39. The zero-order valence-corrected chi connectivity index (χ0v) is 18.2. The van der Waals surface area contributed by atoms with Crippen LogP contribution in [0.4, 0.5) is 5.69 Å². The van der Waals surface area contributed by atoms with Crippen LogP contribution in [0.5, 0.6) is 5.75 Å². The first-order valence-electron chi connectivity index (χ1n) is 9.51. The summed E-state index contributed by atoms with van der Waals surface area (Å²) in [6.45, 7) is 3.00. The lowest BCUT2D eigenvalue weighted by molar-refractivity contribution is -0.136. The number of hydrogen-bond acceptors (Lipinski definition) is 5. The van der Waals surface area contributed by atoms with Crippen LogP contribution in [0.3, 0.4) is 0 Å². The van der Waals surface area contributed by atoms with Crippen LogP contribution < -0.4 is 10.1 Å². The summed E-state index contributed by atoms with van der Waals surface area (Å²) in [7, 11) is 1.57. The van der Waals surface area contributed by atoms with Crippen molar-refractivity contribution in [2.24, 2.45) is 0 Å². The van der Waals surface area contributed by atoms with Crippen molar-refractivity contribution in [3.05, 3.63) is 63.8 Å². The normalized spacial score (nSPS) is 13.9. The number of benzene rings is 2.